The maximum Gasteiger partial charge on any atom is 0.275 e. The Balaban J connectivity index is 1.64. The fraction of sp³-hybridized carbons (Fsp3) is 0.200. The number of H-pyrrole nitrogens is 1. The van der Waals surface area contributed by atoms with Crippen molar-refractivity contribution in [1.82, 2.24) is 25.0 Å². The molecule has 1 aliphatic carbocycles. The van der Waals surface area contributed by atoms with Crippen LogP contribution >= 0.6 is 0 Å². The zero-order valence-corrected chi connectivity index (χ0v) is 14.1. The van der Waals surface area contributed by atoms with Crippen molar-refractivity contribution in [3.8, 4) is 11.3 Å². The van der Waals surface area contributed by atoms with E-state index in [1.165, 1.54) is 4.68 Å². The van der Waals surface area contributed by atoms with Crippen LogP contribution in [0.4, 0.5) is 0 Å². The van der Waals surface area contributed by atoms with Crippen molar-refractivity contribution in [2.75, 3.05) is 0 Å². The molecule has 6 heteroatoms. The van der Waals surface area contributed by atoms with Gasteiger partial charge in [-0.25, -0.2) is 9.67 Å². The van der Waals surface area contributed by atoms with Gasteiger partial charge in [-0.05, 0) is 18.9 Å². The Morgan fingerprint density at radius 1 is 1.00 bits per heavy atom. The summed E-state index contributed by atoms with van der Waals surface area (Å²) in [5.41, 5.74) is 1.65. The van der Waals surface area contributed by atoms with Crippen LogP contribution in [0.15, 0.2) is 59.4 Å². The number of hydrogen-bond acceptors (Lipinski definition) is 4. The zero-order chi connectivity index (χ0) is 17.5. The Kier molecular flexibility index (Phi) is 3.41. The molecule has 2 heterocycles. The summed E-state index contributed by atoms with van der Waals surface area (Å²) < 4.78 is 1.47. The highest BCUT2D eigenvalue weighted by atomic mass is 16.1. The SMILES string of the molecule is O=c1c2ccccc2c(-c2ccccc2)nn1Cc1nc(C2CC2)n[nH]1. The molecule has 0 radical (unpaired) electrons. The molecule has 0 bridgehead atoms. The Morgan fingerprint density at radius 3 is 2.50 bits per heavy atom. The molecule has 0 aliphatic heterocycles. The van der Waals surface area contributed by atoms with E-state index >= 15 is 0 Å². The highest BCUT2D eigenvalue weighted by molar-refractivity contribution is 5.93. The molecule has 1 saturated carbocycles. The summed E-state index contributed by atoms with van der Waals surface area (Å²) >= 11 is 0. The summed E-state index contributed by atoms with van der Waals surface area (Å²) in [6.07, 6.45) is 2.28. The van der Waals surface area contributed by atoms with Crippen molar-refractivity contribution < 1.29 is 0 Å². The van der Waals surface area contributed by atoms with Crippen molar-refractivity contribution in [2.45, 2.75) is 25.3 Å². The van der Waals surface area contributed by atoms with E-state index in [1.807, 2.05) is 54.6 Å². The summed E-state index contributed by atoms with van der Waals surface area (Å²) in [5, 5.41) is 13.4. The third kappa shape index (κ3) is 2.60. The lowest BCUT2D eigenvalue weighted by Crippen LogP contribution is -2.25. The smallest absolute Gasteiger partial charge is 0.267 e. The minimum Gasteiger partial charge on any atom is -0.267 e. The van der Waals surface area contributed by atoms with Crippen LogP contribution < -0.4 is 5.56 Å². The molecule has 2 aromatic heterocycles. The van der Waals surface area contributed by atoms with Crippen LogP contribution in [0.5, 0.6) is 0 Å². The monoisotopic (exact) mass is 343 g/mol. The molecule has 0 amide bonds. The summed E-state index contributed by atoms with van der Waals surface area (Å²) in [6.45, 7) is 0.281. The third-order valence-electron chi connectivity index (χ3n) is 4.71. The van der Waals surface area contributed by atoms with E-state index in [0.717, 1.165) is 35.3 Å². The average molecular weight is 343 g/mol. The molecule has 5 rings (SSSR count). The first-order valence-corrected chi connectivity index (χ1v) is 8.76. The molecule has 2 aromatic carbocycles. The number of nitrogens with zero attached hydrogens (tertiary/aromatic N) is 4. The topological polar surface area (TPSA) is 76.5 Å². The standard InChI is InChI=1S/C20H17N5O/c26-20-16-9-5-4-8-15(16)18(13-6-2-1-3-7-13)24-25(20)12-17-21-19(23-22-17)14-10-11-14/h1-9,14H,10-12H2,(H,21,22,23). The second-order valence-electron chi connectivity index (χ2n) is 6.64. The lowest BCUT2D eigenvalue weighted by molar-refractivity contribution is 0.626. The van der Waals surface area contributed by atoms with Gasteiger partial charge in [0.05, 0.1) is 11.1 Å². The lowest BCUT2D eigenvalue weighted by atomic mass is 10.1. The minimum absolute atomic E-state index is 0.121. The van der Waals surface area contributed by atoms with Gasteiger partial charge in [0.25, 0.3) is 5.56 Å². The van der Waals surface area contributed by atoms with E-state index in [2.05, 4.69) is 20.3 Å². The maximum absolute atomic E-state index is 12.9. The molecule has 0 spiro atoms. The van der Waals surface area contributed by atoms with Gasteiger partial charge in [0.1, 0.15) is 12.4 Å². The Hall–Kier alpha value is -3.28. The molecule has 26 heavy (non-hydrogen) atoms. The minimum atomic E-state index is -0.121. The molecule has 0 saturated heterocycles. The van der Waals surface area contributed by atoms with Gasteiger partial charge < -0.3 is 0 Å². The van der Waals surface area contributed by atoms with Gasteiger partial charge in [0.15, 0.2) is 5.82 Å². The van der Waals surface area contributed by atoms with Gasteiger partial charge in [0, 0.05) is 16.9 Å². The summed E-state index contributed by atoms with van der Waals surface area (Å²) in [6, 6.07) is 17.5. The second kappa shape index (κ2) is 5.91. The van der Waals surface area contributed by atoms with Crippen LogP contribution in [0.1, 0.15) is 30.4 Å². The molecule has 128 valence electrons. The van der Waals surface area contributed by atoms with Crippen LogP contribution in [0, 0.1) is 0 Å². The van der Waals surface area contributed by atoms with Crippen LogP contribution in [0.25, 0.3) is 22.0 Å². The van der Waals surface area contributed by atoms with Gasteiger partial charge in [-0.3, -0.25) is 9.89 Å². The van der Waals surface area contributed by atoms with Crippen molar-refractivity contribution in [3.05, 3.63) is 76.6 Å². The van der Waals surface area contributed by atoms with Crippen LogP contribution in [-0.4, -0.2) is 25.0 Å². The molecule has 0 atom stereocenters. The van der Waals surface area contributed by atoms with Crippen molar-refractivity contribution in [2.24, 2.45) is 0 Å². The highest BCUT2D eigenvalue weighted by Crippen LogP contribution is 2.37. The third-order valence-corrected chi connectivity index (χ3v) is 4.71. The Labute approximate surface area is 149 Å². The van der Waals surface area contributed by atoms with E-state index in [4.69, 9.17) is 0 Å². The predicted molar refractivity (Wildman–Crippen MR) is 98.9 cm³/mol. The summed E-state index contributed by atoms with van der Waals surface area (Å²) in [4.78, 5) is 17.4. The Morgan fingerprint density at radius 2 is 1.73 bits per heavy atom. The number of aromatic amines is 1. The fourth-order valence-electron chi connectivity index (χ4n) is 3.20. The fourth-order valence-corrected chi connectivity index (χ4v) is 3.20. The quantitative estimate of drug-likeness (QED) is 0.618. The summed E-state index contributed by atoms with van der Waals surface area (Å²) in [5.74, 6) is 1.98. The normalized spacial score (nSPS) is 14.0. The van der Waals surface area contributed by atoms with E-state index in [1.54, 1.807) is 0 Å². The van der Waals surface area contributed by atoms with E-state index in [-0.39, 0.29) is 12.1 Å². The second-order valence-corrected chi connectivity index (χ2v) is 6.64. The highest BCUT2D eigenvalue weighted by Gasteiger charge is 2.27. The van der Waals surface area contributed by atoms with Gasteiger partial charge in [0.2, 0.25) is 0 Å². The van der Waals surface area contributed by atoms with Gasteiger partial charge in [-0.2, -0.15) is 10.2 Å². The number of hydrogen-bond donors (Lipinski definition) is 1. The van der Waals surface area contributed by atoms with Crippen LogP contribution in [0.2, 0.25) is 0 Å². The lowest BCUT2D eigenvalue weighted by Gasteiger charge is -2.10. The molecular weight excluding hydrogens is 326 g/mol. The first kappa shape index (κ1) is 15.0. The van der Waals surface area contributed by atoms with Crippen molar-refractivity contribution in [3.63, 3.8) is 0 Å². The Bertz CT molecular complexity index is 1140. The molecule has 4 aromatic rings. The first-order valence-electron chi connectivity index (χ1n) is 8.76. The van der Waals surface area contributed by atoms with Crippen molar-refractivity contribution in [1.29, 1.82) is 0 Å². The van der Waals surface area contributed by atoms with E-state index < -0.39 is 0 Å². The van der Waals surface area contributed by atoms with Crippen LogP contribution in [0.3, 0.4) is 0 Å². The van der Waals surface area contributed by atoms with Crippen molar-refractivity contribution >= 4 is 10.8 Å². The van der Waals surface area contributed by atoms with Gasteiger partial charge >= 0.3 is 0 Å². The number of rotatable bonds is 4. The van der Waals surface area contributed by atoms with E-state index in [0.29, 0.717) is 17.1 Å². The first-order chi connectivity index (χ1) is 12.8. The number of benzene rings is 2. The average Bonchev–Trinajstić information content (AvgIpc) is 3.44. The molecule has 6 nitrogen and oxygen atoms in total. The zero-order valence-electron chi connectivity index (χ0n) is 14.1. The number of fused-ring (bicyclic) bond motifs is 1. The van der Waals surface area contributed by atoms with Crippen LogP contribution in [-0.2, 0) is 6.54 Å². The largest absolute Gasteiger partial charge is 0.275 e. The van der Waals surface area contributed by atoms with Gasteiger partial charge in [-0.1, -0.05) is 48.5 Å². The number of nitrogens with one attached hydrogen (secondary N) is 1. The molecule has 1 aliphatic rings. The van der Waals surface area contributed by atoms with E-state index in [9.17, 15) is 4.79 Å². The van der Waals surface area contributed by atoms with Gasteiger partial charge in [-0.15, -0.1) is 0 Å². The summed E-state index contributed by atoms with van der Waals surface area (Å²) in [7, 11) is 0. The molecule has 1 fully saturated rings. The predicted octanol–water partition coefficient (Wildman–Crippen LogP) is 3.11. The maximum atomic E-state index is 12.9. The molecule has 1 N–H and O–H groups in total. The molecule has 0 unspecified atom stereocenters. The molecular formula is C20H17N5O. The number of aromatic nitrogens is 5.